The van der Waals surface area contributed by atoms with Crippen molar-refractivity contribution in [3.05, 3.63) is 18.1 Å². The van der Waals surface area contributed by atoms with Crippen LogP contribution < -0.4 is 4.90 Å². The molecule has 104 valence electrons. The van der Waals surface area contributed by atoms with E-state index in [1.807, 2.05) is 25.1 Å². The summed E-state index contributed by atoms with van der Waals surface area (Å²) in [5.41, 5.74) is 0.991. The molecule has 3 rings (SSSR count). The average molecular weight is 307 g/mol. The Bertz CT molecular complexity index is 733. The lowest BCUT2D eigenvalue weighted by Gasteiger charge is -2.04. The molecule has 0 amide bonds. The molecular formula is C11H13N7S2. The Morgan fingerprint density at radius 3 is 2.90 bits per heavy atom. The fourth-order valence-electron chi connectivity index (χ4n) is 1.60. The maximum atomic E-state index is 4.42. The highest BCUT2D eigenvalue weighted by molar-refractivity contribution is 8.01. The van der Waals surface area contributed by atoms with Gasteiger partial charge in [-0.05, 0) is 24.2 Å². The molecule has 9 heteroatoms. The number of aromatic nitrogens is 6. The Kier molecular flexibility index (Phi) is 3.53. The molecule has 20 heavy (non-hydrogen) atoms. The molecule has 3 aromatic heterocycles. The Labute approximate surface area is 124 Å². The summed E-state index contributed by atoms with van der Waals surface area (Å²) in [5, 5.41) is 14.4. The topological polar surface area (TPSA) is 72.1 Å². The highest BCUT2D eigenvalue weighted by Crippen LogP contribution is 2.32. The second kappa shape index (κ2) is 5.33. The number of aryl methyl sites for hydroxylation is 1. The fraction of sp³-hybridized carbons (Fsp3) is 0.364. The highest BCUT2D eigenvalue weighted by Gasteiger charge is 2.12. The largest absolute Gasteiger partial charge is 0.353 e. The summed E-state index contributed by atoms with van der Waals surface area (Å²) in [6, 6.07) is 2.02. The Hall–Kier alpha value is -1.74. The van der Waals surface area contributed by atoms with Crippen molar-refractivity contribution in [1.82, 2.24) is 29.8 Å². The van der Waals surface area contributed by atoms with E-state index in [0.717, 1.165) is 26.6 Å². The van der Waals surface area contributed by atoms with Crippen molar-refractivity contribution in [1.29, 1.82) is 0 Å². The van der Waals surface area contributed by atoms with Crippen LogP contribution in [0.4, 0.5) is 5.13 Å². The van der Waals surface area contributed by atoms with Crippen LogP contribution in [0.15, 0.2) is 21.8 Å². The lowest BCUT2D eigenvalue weighted by Crippen LogP contribution is -2.07. The minimum absolute atomic E-state index is 0.615. The molecule has 3 heterocycles. The monoisotopic (exact) mass is 307 g/mol. The molecule has 0 saturated carbocycles. The molecule has 0 aliphatic carbocycles. The van der Waals surface area contributed by atoms with E-state index >= 15 is 0 Å². The van der Waals surface area contributed by atoms with Crippen LogP contribution in [0.25, 0.3) is 5.78 Å². The minimum Gasteiger partial charge on any atom is -0.353 e. The van der Waals surface area contributed by atoms with E-state index < -0.39 is 0 Å². The van der Waals surface area contributed by atoms with Gasteiger partial charge in [0.05, 0.1) is 0 Å². The van der Waals surface area contributed by atoms with Crippen molar-refractivity contribution < 1.29 is 0 Å². The number of rotatable bonds is 4. The minimum atomic E-state index is 0.615. The van der Waals surface area contributed by atoms with E-state index in [0.29, 0.717) is 5.78 Å². The van der Waals surface area contributed by atoms with Gasteiger partial charge in [-0.2, -0.15) is 14.6 Å². The fourth-order valence-corrected chi connectivity index (χ4v) is 3.42. The molecule has 0 aliphatic heterocycles. The molecule has 0 atom stereocenters. The summed E-state index contributed by atoms with van der Waals surface area (Å²) in [6.07, 6.45) is 2.37. The van der Waals surface area contributed by atoms with Gasteiger partial charge in [0, 0.05) is 19.8 Å². The SMILES string of the molecule is CCc1cc(Sc2nnc(N(C)C)s2)n2ncnc2n1. The zero-order valence-corrected chi connectivity index (χ0v) is 12.9. The number of anilines is 1. The Morgan fingerprint density at radius 1 is 1.35 bits per heavy atom. The summed E-state index contributed by atoms with van der Waals surface area (Å²) in [7, 11) is 3.90. The molecule has 0 unspecified atom stereocenters. The predicted octanol–water partition coefficient (Wildman–Crippen LogP) is 1.76. The van der Waals surface area contributed by atoms with Gasteiger partial charge in [0.1, 0.15) is 11.4 Å². The maximum Gasteiger partial charge on any atom is 0.253 e. The predicted molar refractivity (Wildman–Crippen MR) is 78.5 cm³/mol. The third kappa shape index (κ3) is 2.46. The standard InChI is InChI=1S/C11H13N7S2/c1-4-7-5-8(18-9(14-7)12-6-13-18)19-11-16-15-10(20-11)17(2)3/h5-6H,4H2,1-3H3. The second-order valence-corrected chi connectivity index (χ2v) is 6.48. The first-order chi connectivity index (χ1) is 9.67. The van der Waals surface area contributed by atoms with E-state index in [1.165, 1.54) is 18.1 Å². The van der Waals surface area contributed by atoms with Crippen LogP contribution in [-0.4, -0.2) is 43.9 Å². The molecule has 0 bridgehead atoms. The molecule has 0 aromatic carbocycles. The third-order valence-electron chi connectivity index (χ3n) is 2.60. The third-order valence-corrected chi connectivity index (χ3v) is 4.75. The van der Waals surface area contributed by atoms with Crippen molar-refractivity contribution in [3.63, 3.8) is 0 Å². The van der Waals surface area contributed by atoms with Gasteiger partial charge in [0.15, 0.2) is 4.34 Å². The molecule has 0 saturated heterocycles. The average Bonchev–Trinajstić information content (AvgIpc) is 3.06. The first kappa shape index (κ1) is 13.3. The highest BCUT2D eigenvalue weighted by atomic mass is 32.2. The van der Waals surface area contributed by atoms with Crippen LogP contribution in [0.1, 0.15) is 12.6 Å². The van der Waals surface area contributed by atoms with Gasteiger partial charge in [-0.15, -0.1) is 10.2 Å². The van der Waals surface area contributed by atoms with Crippen LogP contribution >= 0.6 is 23.1 Å². The molecule has 7 nitrogen and oxygen atoms in total. The van der Waals surface area contributed by atoms with Gasteiger partial charge in [-0.1, -0.05) is 18.3 Å². The Morgan fingerprint density at radius 2 is 2.20 bits per heavy atom. The van der Waals surface area contributed by atoms with Gasteiger partial charge in [0.2, 0.25) is 5.13 Å². The lowest BCUT2D eigenvalue weighted by atomic mass is 10.3. The van der Waals surface area contributed by atoms with E-state index in [2.05, 4.69) is 32.2 Å². The first-order valence-electron chi connectivity index (χ1n) is 6.05. The second-order valence-electron chi connectivity index (χ2n) is 4.26. The van der Waals surface area contributed by atoms with Gasteiger partial charge in [-0.25, -0.2) is 4.98 Å². The normalized spacial score (nSPS) is 11.2. The van der Waals surface area contributed by atoms with Crippen molar-refractivity contribution in [3.8, 4) is 0 Å². The van der Waals surface area contributed by atoms with Crippen molar-refractivity contribution in [2.24, 2.45) is 0 Å². The molecular weight excluding hydrogens is 294 g/mol. The summed E-state index contributed by atoms with van der Waals surface area (Å²) in [4.78, 5) is 10.5. The van der Waals surface area contributed by atoms with Crippen molar-refractivity contribution >= 4 is 34.0 Å². The molecule has 0 spiro atoms. The number of hydrogen-bond donors (Lipinski definition) is 0. The van der Waals surface area contributed by atoms with E-state index in [4.69, 9.17) is 0 Å². The van der Waals surface area contributed by atoms with E-state index in [1.54, 1.807) is 15.9 Å². The molecule has 3 aromatic rings. The zero-order chi connectivity index (χ0) is 14.1. The maximum absolute atomic E-state index is 4.42. The van der Waals surface area contributed by atoms with E-state index in [9.17, 15) is 0 Å². The summed E-state index contributed by atoms with van der Waals surface area (Å²) in [5.74, 6) is 0.615. The van der Waals surface area contributed by atoms with Crippen LogP contribution in [0.3, 0.4) is 0 Å². The van der Waals surface area contributed by atoms with Crippen molar-refractivity contribution in [2.75, 3.05) is 19.0 Å². The molecule has 0 radical (unpaired) electrons. The Balaban J connectivity index is 1.98. The number of fused-ring (bicyclic) bond motifs is 1. The first-order valence-corrected chi connectivity index (χ1v) is 7.69. The molecule has 0 fully saturated rings. The van der Waals surface area contributed by atoms with Gasteiger partial charge >= 0.3 is 0 Å². The van der Waals surface area contributed by atoms with Crippen LogP contribution in [0.2, 0.25) is 0 Å². The summed E-state index contributed by atoms with van der Waals surface area (Å²) < 4.78 is 2.60. The smallest absolute Gasteiger partial charge is 0.253 e. The number of hydrogen-bond acceptors (Lipinski definition) is 8. The molecule has 0 N–H and O–H groups in total. The summed E-state index contributed by atoms with van der Waals surface area (Å²) in [6.45, 7) is 2.07. The molecule has 0 aliphatic rings. The van der Waals surface area contributed by atoms with Crippen molar-refractivity contribution in [2.45, 2.75) is 22.7 Å². The van der Waals surface area contributed by atoms with Crippen LogP contribution in [-0.2, 0) is 6.42 Å². The number of nitrogens with zero attached hydrogens (tertiary/aromatic N) is 7. The zero-order valence-electron chi connectivity index (χ0n) is 11.3. The van der Waals surface area contributed by atoms with Gasteiger partial charge < -0.3 is 4.90 Å². The lowest BCUT2D eigenvalue weighted by molar-refractivity contribution is 0.821. The quantitative estimate of drug-likeness (QED) is 0.680. The van der Waals surface area contributed by atoms with E-state index in [-0.39, 0.29) is 0 Å². The summed E-state index contributed by atoms with van der Waals surface area (Å²) >= 11 is 3.07. The van der Waals surface area contributed by atoms with Crippen LogP contribution in [0, 0.1) is 0 Å². The van der Waals surface area contributed by atoms with Gasteiger partial charge in [0.25, 0.3) is 5.78 Å². The van der Waals surface area contributed by atoms with Crippen LogP contribution in [0.5, 0.6) is 0 Å². The van der Waals surface area contributed by atoms with Gasteiger partial charge in [-0.3, -0.25) is 0 Å².